The first-order valence-electron chi connectivity index (χ1n) is 6.07. The van der Waals surface area contributed by atoms with E-state index in [-0.39, 0.29) is 11.9 Å². The zero-order valence-corrected chi connectivity index (χ0v) is 10.6. The summed E-state index contributed by atoms with van der Waals surface area (Å²) in [6.45, 7) is 6.39. The first-order valence-corrected chi connectivity index (χ1v) is 6.07. The molecular formula is C14H19FN2. The minimum Gasteiger partial charge on any atom is -0.382 e. The standard InChI is InChI=1S/C14H19FN2/c1-4-12(5-2)10(3)17-14-7-11(9-16)6-13(15)8-14/h6-8,10,12,17H,4-5H2,1-3H3. The van der Waals surface area contributed by atoms with Crippen LogP contribution in [0.5, 0.6) is 0 Å². The van der Waals surface area contributed by atoms with Crippen molar-refractivity contribution in [3.63, 3.8) is 0 Å². The van der Waals surface area contributed by atoms with Gasteiger partial charge in [0.15, 0.2) is 0 Å². The third kappa shape index (κ3) is 3.74. The highest BCUT2D eigenvalue weighted by atomic mass is 19.1. The van der Waals surface area contributed by atoms with Gasteiger partial charge in [0, 0.05) is 11.7 Å². The Hall–Kier alpha value is -1.56. The maximum absolute atomic E-state index is 13.2. The van der Waals surface area contributed by atoms with Gasteiger partial charge in [0.05, 0.1) is 11.6 Å². The Bertz CT molecular complexity index is 405. The van der Waals surface area contributed by atoms with Gasteiger partial charge in [-0.1, -0.05) is 26.7 Å². The molecule has 1 aromatic rings. The lowest BCUT2D eigenvalue weighted by molar-refractivity contribution is 0.437. The molecule has 0 saturated heterocycles. The zero-order valence-electron chi connectivity index (χ0n) is 10.6. The van der Waals surface area contributed by atoms with Crippen LogP contribution in [-0.4, -0.2) is 6.04 Å². The second-order valence-corrected chi connectivity index (χ2v) is 4.35. The Morgan fingerprint density at radius 2 is 1.94 bits per heavy atom. The van der Waals surface area contributed by atoms with Crippen LogP contribution in [0.3, 0.4) is 0 Å². The SMILES string of the molecule is CCC(CC)C(C)Nc1cc(F)cc(C#N)c1. The third-order valence-corrected chi connectivity index (χ3v) is 3.18. The number of halogens is 1. The summed E-state index contributed by atoms with van der Waals surface area (Å²) in [6, 6.07) is 6.59. The van der Waals surface area contributed by atoms with Crippen molar-refractivity contribution in [3.8, 4) is 6.07 Å². The van der Waals surface area contributed by atoms with Gasteiger partial charge in [-0.15, -0.1) is 0 Å². The first kappa shape index (κ1) is 13.5. The van der Waals surface area contributed by atoms with E-state index in [1.807, 2.05) is 6.07 Å². The van der Waals surface area contributed by atoms with Crippen LogP contribution in [0.1, 0.15) is 39.2 Å². The van der Waals surface area contributed by atoms with Crippen molar-refractivity contribution in [3.05, 3.63) is 29.6 Å². The lowest BCUT2D eigenvalue weighted by atomic mass is 9.95. The molecule has 92 valence electrons. The highest BCUT2D eigenvalue weighted by molar-refractivity contribution is 5.50. The Balaban J connectivity index is 2.81. The smallest absolute Gasteiger partial charge is 0.126 e. The van der Waals surface area contributed by atoms with Gasteiger partial charge in [0.2, 0.25) is 0 Å². The summed E-state index contributed by atoms with van der Waals surface area (Å²) in [7, 11) is 0. The second-order valence-electron chi connectivity index (χ2n) is 4.35. The molecule has 0 heterocycles. The predicted octanol–water partition coefficient (Wildman–Crippen LogP) is 3.93. The molecule has 1 unspecified atom stereocenters. The molecule has 1 N–H and O–H groups in total. The van der Waals surface area contributed by atoms with Crippen molar-refractivity contribution >= 4 is 5.69 Å². The normalized spacial score (nSPS) is 12.2. The summed E-state index contributed by atoms with van der Waals surface area (Å²) in [6.07, 6.45) is 2.18. The first-order chi connectivity index (χ1) is 8.10. The van der Waals surface area contributed by atoms with Gasteiger partial charge in [-0.05, 0) is 31.0 Å². The van der Waals surface area contributed by atoms with Gasteiger partial charge in [-0.3, -0.25) is 0 Å². The Kier molecular flexibility index (Phi) is 4.96. The van der Waals surface area contributed by atoms with Crippen molar-refractivity contribution in [2.45, 2.75) is 39.7 Å². The zero-order chi connectivity index (χ0) is 12.8. The van der Waals surface area contributed by atoms with E-state index in [0.717, 1.165) is 12.8 Å². The van der Waals surface area contributed by atoms with E-state index in [0.29, 0.717) is 17.2 Å². The fourth-order valence-corrected chi connectivity index (χ4v) is 2.11. The average molecular weight is 234 g/mol. The number of hydrogen-bond acceptors (Lipinski definition) is 2. The largest absolute Gasteiger partial charge is 0.382 e. The van der Waals surface area contributed by atoms with E-state index in [2.05, 4.69) is 26.1 Å². The molecule has 0 aliphatic carbocycles. The van der Waals surface area contributed by atoms with E-state index in [9.17, 15) is 4.39 Å². The molecule has 1 rings (SSSR count). The van der Waals surface area contributed by atoms with Crippen LogP contribution < -0.4 is 5.32 Å². The summed E-state index contributed by atoms with van der Waals surface area (Å²) in [5, 5.41) is 12.0. The molecule has 0 aromatic heterocycles. The number of rotatable bonds is 5. The van der Waals surface area contributed by atoms with Crippen molar-refractivity contribution < 1.29 is 4.39 Å². The number of benzene rings is 1. The highest BCUT2D eigenvalue weighted by Crippen LogP contribution is 2.20. The third-order valence-electron chi connectivity index (χ3n) is 3.18. The minimum absolute atomic E-state index is 0.276. The number of hydrogen-bond donors (Lipinski definition) is 1. The number of nitrogens with one attached hydrogen (secondary N) is 1. The maximum Gasteiger partial charge on any atom is 0.126 e. The van der Waals surface area contributed by atoms with Gasteiger partial charge in [-0.2, -0.15) is 5.26 Å². The maximum atomic E-state index is 13.2. The van der Waals surface area contributed by atoms with Crippen LogP contribution in [0.25, 0.3) is 0 Å². The molecule has 0 aliphatic heterocycles. The van der Waals surface area contributed by atoms with Crippen LogP contribution in [0, 0.1) is 23.1 Å². The molecule has 0 radical (unpaired) electrons. The molecule has 0 aliphatic rings. The van der Waals surface area contributed by atoms with Crippen LogP contribution in [0.4, 0.5) is 10.1 Å². The number of anilines is 1. The molecule has 0 bridgehead atoms. The van der Waals surface area contributed by atoms with E-state index in [1.54, 1.807) is 6.07 Å². The van der Waals surface area contributed by atoms with Gasteiger partial charge in [-0.25, -0.2) is 4.39 Å². The molecular weight excluding hydrogens is 215 g/mol. The Labute approximate surface area is 102 Å². The topological polar surface area (TPSA) is 35.8 Å². The molecule has 3 heteroatoms. The van der Waals surface area contributed by atoms with Crippen molar-refractivity contribution in [2.75, 3.05) is 5.32 Å². The van der Waals surface area contributed by atoms with Crippen molar-refractivity contribution in [1.82, 2.24) is 0 Å². The molecule has 0 fully saturated rings. The fraction of sp³-hybridized carbons (Fsp3) is 0.500. The Morgan fingerprint density at radius 3 is 2.47 bits per heavy atom. The monoisotopic (exact) mass is 234 g/mol. The molecule has 1 aromatic carbocycles. The second kappa shape index (κ2) is 6.24. The van der Waals surface area contributed by atoms with E-state index in [1.165, 1.54) is 12.1 Å². The van der Waals surface area contributed by atoms with Gasteiger partial charge < -0.3 is 5.32 Å². The van der Waals surface area contributed by atoms with E-state index in [4.69, 9.17) is 5.26 Å². The van der Waals surface area contributed by atoms with Crippen LogP contribution >= 0.6 is 0 Å². The lowest BCUT2D eigenvalue weighted by Gasteiger charge is -2.23. The van der Waals surface area contributed by atoms with Crippen molar-refractivity contribution in [1.29, 1.82) is 5.26 Å². The molecule has 0 spiro atoms. The van der Waals surface area contributed by atoms with E-state index < -0.39 is 0 Å². The fourth-order valence-electron chi connectivity index (χ4n) is 2.11. The number of nitrogens with zero attached hydrogens (tertiary/aromatic N) is 1. The summed E-state index contributed by atoms with van der Waals surface area (Å²) in [5.41, 5.74) is 1.03. The van der Waals surface area contributed by atoms with Gasteiger partial charge in [0.1, 0.15) is 5.82 Å². The molecule has 2 nitrogen and oxygen atoms in total. The molecule has 17 heavy (non-hydrogen) atoms. The molecule has 0 saturated carbocycles. The number of nitriles is 1. The van der Waals surface area contributed by atoms with Gasteiger partial charge >= 0.3 is 0 Å². The molecule has 0 amide bonds. The predicted molar refractivity (Wildman–Crippen MR) is 68.3 cm³/mol. The summed E-state index contributed by atoms with van der Waals surface area (Å²) in [5.74, 6) is 0.187. The molecule has 1 atom stereocenters. The quantitative estimate of drug-likeness (QED) is 0.837. The van der Waals surface area contributed by atoms with Crippen LogP contribution in [0.2, 0.25) is 0 Å². The summed E-state index contributed by atoms with van der Waals surface area (Å²) in [4.78, 5) is 0. The van der Waals surface area contributed by atoms with Crippen LogP contribution in [-0.2, 0) is 0 Å². The summed E-state index contributed by atoms with van der Waals surface area (Å²) < 4.78 is 13.2. The summed E-state index contributed by atoms with van der Waals surface area (Å²) >= 11 is 0. The Morgan fingerprint density at radius 1 is 1.29 bits per heavy atom. The van der Waals surface area contributed by atoms with Crippen molar-refractivity contribution in [2.24, 2.45) is 5.92 Å². The van der Waals surface area contributed by atoms with E-state index >= 15 is 0 Å². The lowest BCUT2D eigenvalue weighted by Crippen LogP contribution is -2.25. The average Bonchev–Trinajstić information content (AvgIpc) is 2.29. The highest BCUT2D eigenvalue weighted by Gasteiger charge is 2.13. The van der Waals surface area contributed by atoms with Gasteiger partial charge in [0.25, 0.3) is 0 Å². The minimum atomic E-state index is -0.372. The van der Waals surface area contributed by atoms with Crippen LogP contribution in [0.15, 0.2) is 18.2 Å².